The van der Waals surface area contributed by atoms with Crippen LogP contribution in [0.4, 0.5) is 0 Å². The second-order valence-corrected chi connectivity index (χ2v) is 15.8. The van der Waals surface area contributed by atoms with Crippen molar-refractivity contribution in [3.05, 3.63) is 24.3 Å². The minimum Gasteiger partial charge on any atom is -0.481 e. The topological polar surface area (TPSA) is 87.1 Å². The van der Waals surface area contributed by atoms with Crippen LogP contribution >= 0.6 is 0 Å². The number of epoxide rings is 1. The molecule has 2 aliphatic rings. The lowest BCUT2D eigenvalue weighted by Gasteiger charge is -2.47. The Morgan fingerprint density at radius 1 is 0.469 bits per heavy atom. The molecule has 1 aliphatic carbocycles. The molecule has 0 amide bonds. The van der Waals surface area contributed by atoms with E-state index in [2.05, 4.69) is 38.2 Å². The lowest BCUT2D eigenvalue weighted by atomic mass is 9.52. The third kappa shape index (κ3) is 17.0. The maximum Gasteiger partial charge on any atom is 0.310 e. The van der Waals surface area contributed by atoms with Crippen LogP contribution in [0.3, 0.4) is 0 Å². The molecule has 0 radical (unpaired) electrons. The second kappa shape index (κ2) is 27.1. The lowest BCUT2D eigenvalue weighted by molar-refractivity contribution is -0.181. The molecular weight excluding hydrogens is 608 g/mol. The SMILES string of the molecule is CCCCCCCC/C=C\CCCCCCCCC1(C(=O)O)CC2OC2CC1(CCCCCCCC/C=C\CCCCCCCC)C(=O)O. The molecule has 0 aromatic carbocycles. The summed E-state index contributed by atoms with van der Waals surface area (Å²) >= 11 is 0. The van der Waals surface area contributed by atoms with Gasteiger partial charge in [0.05, 0.1) is 23.0 Å². The van der Waals surface area contributed by atoms with Crippen LogP contribution < -0.4 is 0 Å². The number of fused-ring (bicyclic) bond motifs is 1. The molecule has 5 nitrogen and oxygen atoms in total. The van der Waals surface area contributed by atoms with Crippen molar-refractivity contribution in [3.63, 3.8) is 0 Å². The summed E-state index contributed by atoms with van der Waals surface area (Å²) in [5, 5.41) is 21.3. The number of aliphatic carboxylic acids is 2. The van der Waals surface area contributed by atoms with Gasteiger partial charge in [0.15, 0.2) is 0 Å². The Labute approximate surface area is 302 Å². The Bertz CT molecular complexity index is 839. The summed E-state index contributed by atoms with van der Waals surface area (Å²) in [6.07, 6.45) is 44.7. The van der Waals surface area contributed by atoms with E-state index in [0.29, 0.717) is 25.7 Å². The number of carbonyl (C=O) groups is 2. The van der Waals surface area contributed by atoms with Gasteiger partial charge in [-0.2, -0.15) is 0 Å². The van der Waals surface area contributed by atoms with E-state index in [1.807, 2.05) is 0 Å². The molecule has 2 rings (SSSR count). The number of unbranched alkanes of at least 4 members (excludes halogenated alkanes) is 24. The largest absolute Gasteiger partial charge is 0.481 e. The Kier molecular flexibility index (Phi) is 24.1. The summed E-state index contributed by atoms with van der Waals surface area (Å²) in [6, 6.07) is 0. The van der Waals surface area contributed by atoms with Crippen LogP contribution in [-0.2, 0) is 14.3 Å². The Morgan fingerprint density at radius 2 is 0.735 bits per heavy atom. The molecular formula is C44H78O5. The van der Waals surface area contributed by atoms with Gasteiger partial charge in [0.2, 0.25) is 0 Å². The van der Waals surface area contributed by atoms with Crippen molar-refractivity contribution in [2.45, 2.75) is 232 Å². The first-order chi connectivity index (χ1) is 23.9. The van der Waals surface area contributed by atoms with E-state index >= 15 is 0 Å². The van der Waals surface area contributed by atoms with E-state index < -0.39 is 22.8 Å². The van der Waals surface area contributed by atoms with Crippen LogP contribution in [0.1, 0.15) is 219 Å². The molecule has 0 aromatic rings. The molecule has 1 heterocycles. The first-order valence-corrected chi connectivity index (χ1v) is 21.4. The zero-order chi connectivity index (χ0) is 35.5. The van der Waals surface area contributed by atoms with E-state index in [1.165, 1.54) is 128 Å². The first-order valence-electron chi connectivity index (χ1n) is 21.4. The van der Waals surface area contributed by atoms with Gasteiger partial charge in [-0.25, -0.2) is 0 Å². The monoisotopic (exact) mass is 687 g/mol. The number of rotatable bonds is 34. The van der Waals surface area contributed by atoms with Crippen molar-refractivity contribution in [2.24, 2.45) is 10.8 Å². The molecule has 1 aliphatic heterocycles. The second-order valence-electron chi connectivity index (χ2n) is 15.8. The smallest absolute Gasteiger partial charge is 0.310 e. The summed E-state index contributed by atoms with van der Waals surface area (Å²) in [4.78, 5) is 26.0. The van der Waals surface area contributed by atoms with E-state index in [4.69, 9.17) is 4.74 Å². The fourth-order valence-corrected chi connectivity index (χ4v) is 8.45. The van der Waals surface area contributed by atoms with Crippen molar-refractivity contribution in [1.29, 1.82) is 0 Å². The molecule has 0 aromatic heterocycles. The Hall–Kier alpha value is -1.62. The summed E-state index contributed by atoms with van der Waals surface area (Å²) in [6.45, 7) is 4.53. The number of hydrogen-bond acceptors (Lipinski definition) is 3. The molecule has 5 heteroatoms. The number of carboxylic acids is 2. The summed E-state index contributed by atoms with van der Waals surface area (Å²) in [5.41, 5.74) is -2.45. The maximum atomic E-state index is 13.0. The van der Waals surface area contributed by atoms with Gasteiger partial charge in [0, 0.05) is 0 Å². The molecule has 2 N–H and O–H groups in total. The minimum atomic E-state index is -1.22. The maximum absolute atomic E-state index is 13.0. The fraction of sp³-hybridized carbons (Fsp3) is 0.864. The molecule has 0 bridgehead atoms. The molecule has 4 atom stereocenters. The van der Waals surface area contributed by atoms with Crippen molar-refractivity contribution in [3.8, 4) is 0 Å². The molecule has 1 saturated carbocycles. The zero-order valence-corrected chi connectivity index (χ0v) is 32.2. The van der Waals surface area contributed by atoms with Crippen molar-refractivity contribution < 1.29 is 24.5 Å². The van der Waals surface area contributed by atoms with E-state index in [-0.39, 0.29) is 12.2 Å². The van der Waals surface area contributed by atoms with Gasteiger partial charge in [0.1, 0.15) is 0 Å². The van der Waals surface area contributed by atoms with Crippen molar-refractivity contribution in [1.82, 2.24) is 0 Å². The lowest BCUT2D eigenvalue weighted by Crippen LogP contribution is -2.56. The standard InChI is InChI=1S/C44H78O5/c1-3-5-7-9-11-13-15-17-19-21-23-25-27-29-31-33-35-43(41(45)46)37-39-40(49-39)38-44(43,42(47)48)36-34-32-30-28-26-24-22-20-18-16-14-12-10-8-6-4-2/h17-20,39-40H,3-16,21-38H2,1-2H3,(H,45,46)(H,47,48)/b19-17-,20-18-. The highest BCUT2D eigenvalue weighted by Crippen LogP contribution is 2.61. The quantitative estimate of drug-likeness (QED) is 0.0400. The van der Waals surface area contributed by atoms with Gasteiger partial charge in [-0.3, -0.25) is 9.59 Å². The average Bonchev–Trinajstić information content (AvgIpc) is 3.84. The summed E-state index contributed by atoms with van der Waals surface area (Å²) in [5.74, 6) is -1.83. The predicted octanol–water partition coefficient (Wildman–Crippen LogP) is 13.5. The Morgan fingerprint density at radius 3 is 1.02 bits per heavy atom. The molecule has 2 fully saturated rings. The predicted molar refractivity (Wildman–Crippen MR) is 206 cm³/mol. The number of hydrogen-bond donors (Lipinski definition) is 2. The van der Waals surface area contributed by atoms with Crippen molar-refractivity contribution in [2.75, 3.05) is 0 Å². The summed E-state index contributed by atoms with van der Waals surface area (Å²) < 4.78 is 5.82. The average molecular weight is 687 g/mol. The van der Waals surface area contributed by atoms with E-state index in [1.54, 1.807) is 0 Å². The number of allylic oxidation sites excluding steroid dienone is 4. The third-order valence-corrected chi connectivity index (χ3v) is 11.8. The molecule has 1 saturated heterocycles. The third-order valence-electron chi connectivity index (χ3n) is 11.8. The number of ether oxygens (including phenoxy) is 1. The van der Waals surface area contributed by atoms with Gasteiger partial charge >= 0.3 is 11.9 Å². The molecule has 4 unspecified atom stereocenters. The highest BCUT2D eigenvalue weighted by Gasteiger charge is 2.69. The first kappa shape index (κ1) is 43.5. The highest BCUT2D eigenvalue weighted by molar-refractivity contribution is 5.87. The molecule has 0 spiro atoms. The van der Waals surface area contributed by atoms with E-state index in [9.17, 15) is 19.8 Å². The number of carboxylic acid groups (broad SMARTS) is 2. The van der Waals surface area contributed by atoms with E-state index in [0.717, 1.165) is 51.4 Å². The van der Waals surface area contributed by atoms with Crippen LogP contribution in [0, 0.1) is 10.8 Å². The van der Waals surface area contributed by atoms with Gasteiger partial charge < -0.3 is 14.9 Å². The zero-order valence-electron chi connectivity index (χ0n) is 32.2. The normalized spacial score (nSPS) is 23.4. The van der Waals surface area contributed by atoms with Crippen LogP contribution in [0.25, 0.3) is 0 Å². The van der Waals surface area contributed by atoms with Gasteiger partial charge in [-0.15, -0.1) is 0 Å². The summed E-state index contributed by atoms with van der Waals surface area (Å²) in [7, 11) is 0. The van der Waals surface area contributed by atoms with Crippen LogP contribution in [-0.4, -0.2) is 34.4 Å². The molecule has 284 valence electrons. The van der Waals surface area contributed by atoms with Gasteiger partial charge in [-0.1, -0.05) is 167 Å². The van der Waals surface area contributed by atoms with Crippen LogP contribution in [0.2, 0.25) is 0 Å². The van der Waals surface area contributed by atoms with Crippen LogP contribution in [0.15, 0.2) is 24.3 Å². The Balaban J connectivity index is 1.65. The van der Waals surface area contributed by atoms with Crippen molar-refractivity contribution >= 4 is 11.9 Å². The van der Waals surface area contributed by atoms with Gasteiger partial charge in [-0.05, 0) is 77.0 Å². The van der Waals surface area contributed by atoms with Gasteiger partial charge in [0.25, 0.3) is 0 Å². The molecule has 49 heavy (non-hydrogen) atoms. The minimum absolute atomic E-state index is 0.0717. The highest BCUT2D eigenvalue weighted by atomic mass is 16.6. The van der Waals surface area contributed by atoms with Crippen LogP contribution in [0.5, 0.6) is 0 Å². The fourth-order valence-electron chi connectivity index (χ4n) is 8.45.